The van der Waals surface area contributed by atoms with Gasteiger partial charge in [0.25, 0.3) is 0 Å². The summed E-state index contributed by atoms with van der Waals surface area (Å²) in [6.07, 6.45) is 4.12. The Morgan fingerprint density at radius 2 is 1.54 bits per heavy atom. The number of nitrogens with zero attached hydrogens (tertiary/aromatic N) is 1. The molecule has 4 aromatic rings. The van der Waals surface area contributed by atoms with Gasteiger partial charge in [0.05, 0.1) is 11.2 Å². The maximum atomic E-state index is 11.2. The summed E-state index contributed by atoms with van der Waals surface area (Å²) in [5.41, 5.74) is 5.73. The molecule has 3 heteroatoms. The van der Waals surface area contributed by atoms with Crippen molar-refractivity contribution in [3.8, 4) is 16.9 Å². The Morgan fingerprint density at radius 3 is 2.25 bits per heavy atom. The van der Waals surface area contributed by atoms with Crippen LogP contribution in [0.15, 0.2) is 91.0 Å². The molecule has 1 heterocycles. The first kappa shape index (κ1) is 17.8. The van der Waals surface area contributed by atoms with Crippen molar-refractivity contribution in [3.63, 3.8) is 0 Å². The third-order valence-corrected chi connectivity index (χ3v) is 4.73. The standard InChI is InChI=1S/C25H22N2O/c1-19(28)26-18-10-16-23-22-15-8-9-17-24(22)27(21-13-6-3-7-14-21)25(23)20-11-4-2-5-12-20/h2-17H,18H2,1H3,(H,26,28). The number of nitrogens with one attached hydrogen (secondary N) is 1. The monoisotopic (exact) mass is 366 g/mol. The molecule has 0 radical (unpaired) electrons. The van der Waals surface area contributed by atoms with E-state index in [0.29, 0.717) is 6.54 Å². The zero-order chi connectivity index (χ0) is 19.3. The molecule has 4 rings (SSSR count). The van der Waals surface area contributed by atoms with Gasteiger partial charge in [-0.2, -0.15) is 0 Å². The highest BCUT2D eigenvalue weighted by Crippen LogP contribution is 2.37. The van der Waals surface area contributed by atoms with Gasteiger partial charge in [0.2, 0.25) is 5.91 Å². The first-order valence-electron chi connectivity index (χ1n) is 9.41. The molecule has 0 saturated heterocycles. The highest BCUT2D eigenvalue weighted by Gasteiger charge is 2.17. The number of rotatable bonds is 5. The van der Waals surface area contributed by atoms with Gasteiger partial charge in [-0.15, -0.1) is 0 Å². The van der Waals surface area contributed by atoms with Crippen LogP contribution in [0.25, 0.3) is 33.9 Å². The van der Waals surface area contributed by atoms with Crippen molar-refractivity contribution in [2.75, 3.05) is 6.54 Å². The van der Waals surface area contributed by atoms with Gasteiger partial charge in [-0.3, -0.25) is 4.79 Å². The second-order valence-corrected chi connectivity index (χ2v) is 6.66. The van der Waals surface area contributed by atoms with Crippen LogP contribution in [-0.2, 0) is 4.79 Å². The van der Waals surface area contributed by atoms with E-state index in [9.17, 15) is 4.79 Å². The number of para-hydroxylation sites is 2. The second kappa shape index (κ2) is 7.97. The molecular weight excluding hydrogens is 344 g/mol. The van der Waals surface area contributed by atoms with Gasteiger partial charge in [0.1, 0.15) is 0 Å². The topological polar surface area (TPSA) is 34.0 Å². The van der Waals surface area contributed by atoms with Crippen LogP contribution in [0.1, 0.15) is 12.5 Å². The number of hydrogen-bond donors (Lipinski definition) is 1. The molecular formula is C25H22N2O. The Morgan fingerprint density at radius 1 is 0.893 bits per heavy atom. The Bertz CT molecular complexity index is 1130. The summed E-state index contributed by atoms with van der Waals surface area (Å²) in [6, 6.07) is 29.3. The van der Waals surface area contributed by atoms with Crippen molar-refractivity contribution in [1.82, 2.24) is 9.88 Å². The highest BCUT2D eigenvalue weighted by atomic mass is 16.1. The summed E-state index contributed by atoms with van der Waals surface area (Å²) < 4.78 is 2.31. The molecule has 138 valence electrons. The summed E-state index contributed by atoms with van der Waals surface area (Å²) in [5, 5.41) is 4.01. The van der Waals surface area contributed by atoms with E-state index in [4.69, 9.17) is 0 Å². The van der Waals surface area contributed by atoms with Crippen LogP contribution in [0.2, 0.25) is 0 Å². The molecule has 1 aromatic heterocycles. The van der Waals surface area contributed by atoms with Crippen LogP contribution in [0.5, 0.6) is 0 Å². The lowest BCUT2D eigenvalue weighted by molar-refractivity contribution is -0.118. The molecule has 3 aromatic carbocycles. The maximum absolute atomic E-state index is 11.2. The van der Waals surface area contributed by atoms with Crippen LogP contribution in [0, 0.1) is 0 Å². The maximum Gasteiger partial charge on any atom is 0.217 e. The van der Waals surface area contributed by atoms with Gasteiger partial charge in [0, 0.05) is 30.1 Å². The number of hydrogen-bond acceptors (Lipinski definition) is 1. The molecule has 0 spiro atoms. The predicted molar refractivity (Wildman–Crippen MR) is 116 cm³/mol. The minimum Gasteiger partial charge on any atom is -0.353 e. The molecule has 0 unspecified atom stereocenters. The Balaban J connectivity index is 1.98. The minimum atomic E-state index is -0.0281. The molecule has 0 fully saturated rings. The molecule has 0 saturated carbocycles. The molecule has 28 heavy (non-hydrogen) atoms. The lowest BCUT2D eigenvalue weighted by Crippen LogP contribution is -2.19. The summed E-state index contributed by atoms with van der Waals surface area (Å²) in [6.45, 7) is 2.04. The van der Waals surface area contributed by atoms with E-state index in [0.717, 1.165) is 28.0 Å². The molecule has 1 amide bonds. The first-order valence-corrected chi connectivity index (χ1v) is 9.41. The van der Waals surface area contributed by atoms with E-state index >= 15 is 0 Å². The number of carbonyl (C=O) groups is 1. The summed E-state index contributed by atoms with van der Waals surface area (Å²) >= 11 is 0. The molecule has 3 nitrogen and oxygen atoms in total. The highest BCUT2D eigenvalue weighted by molar-refractivity contribution is 5.99. The molecule has 0 bridgehead atoms. The summed E-state index contributed by atoms with van der Waals surface area (Å²) in [7, 11) is 0. The first-order chi connectivity index (χ1) is 13.8. The van der Waals surface area contributed by atoms with Gasteiger partial charge < -0.3 is 9.88 Å². The van der Waals surface area contributed by atoms with Gasteiger partial charge in [0.15, 0.2) is 0 Å². The predicted octanol–water partition coefficient (Wildman–Crippen LogP) is 5.45. The third-order valence-electron chi connectivity index (χ3n) is 4.73. The molecule has 1 N–H and O–H groups in total. The summed E-state index contributed by atoms with van der Waals surface area (Å²) in [5.74, 6) is -0.0281. The third kappa shape index (κ3) is 3.47. The molecule has 0 atom stereocenters. The number of aromatic nitrogens is 1. The van der Waals surface area contributed by atoms with Crippen molar-refractivity contribution in [3.05, 3.63) is 96.6 Å². The van der Waals surface area contributed by atoms with E-state index in [1.54, 1.807) is 0 Å². The average molecular weight is 366 g/mol. The number of benzene rings is 3. The normalized spacial score (nSPS) is 11.2. The molecule has 0 aliphatic carbocycles. The number of carbonyl (C=O) groups excluding carboxylic acids is 1. The van der Waals surface area contributed by atoms with E-state index in [-0.39, 0.29) is 5.91 Å². The van der Waals surface area contributed by atoms with Gasteiger partial charge >= 0.3 is 0 Å². The Hall–Kier alpha value is -3.59. The zero-order valence-electron chi connectivity index (χ0n) is 15.8. The van der Waals surface area contributed by atoms with Crippen molar-refractivity contribution in [1.29, 1.82) is 0 Å². The SMILES string of the molecule is CC(=O)NCC=Cc1c(-c2ccccc2)n(-c2ccccc2)c2ccccc12. The van der Waals surface area contributed by atoms with Crippen LogP contribution in [0.3, 0.4) is 0 Å². The van der Waals surface area contributed by atoms with Crippen molar-refractivity contribution < 1.29 is 4.79 Å². The number of amides is 1. The fourth-order valence-corrected chi connectivity index (χ4v) is 3.54. The van der Waals surface area contributed by atoms with Crippen molar-refractivity contribution in [2.45, 2.75) is 6.92 Å². The van der Waals surface area contributed by atoms with E-state index < -0.39 is 0 Å². The van der Waals surface area contributed by atoms with Crippen LogP contribution in [0.4, 0.5) is 0 Å². The lowest BCUT2D eigenvalue weighted by Gasteiger charge is -2.12. The summed E-state index contributed by atoms with van der Waals surface area (Å²) in [4.78, 5) is 11.2. The number of fused-ring (bicyclic) bond motifs is 1. The zero-order valence-corrected chi connectivity index (χ0v) is 15.8. The van der Waals surface area contributed by atoms with Gasteiger partial charge in [-0.25, -0.2) is 0 Å². The van der Waals surface area contributed by atoms with Crippen LogP contribution in [-0.4, -0.2) is 17.0 Å². The molecule has 0 aliphatic rings. The van der Waals surface area contributed by atoms with E-state index in [2.05, 4.69) is 88.8 Å². The van der Waals surface area contributed by atoms with Gasteiger partial charge in [-0.1, -0.05) is 78.9 Å². The second-order valence-electron chi connectivity index (χ2n) is 6.66. The minimum absolute atomic E-state index is 0.0281. The van der Waals surface area contributed by atoms with Gasteiger partial charge in [-0.05, 0) is 23.8 Å². The lowest BCUT2D eigenvalue weighted by atomic mass is 10.0. The molecule has 0 aliphatic heterocycles. The fourth-order valence-electron chi connectivity index (χ4n) is 3.54. The quantitative estimate of drug-likeness (QED) is 0.501. The van der Waals surface area contributed by atoms with Crippen molar-refractivity contribution >= 4 is 22.9 Å². The smallest absolute Gasteiger partial charge is 0.217 e. The van der Waals surface area contributed by atoms with Crippen molar-refractivity contribution in [2.24, 2.45) is 0 Å². The van der Waals surface area contributed by atoms with Crippen LogP contribution < -0.4 is 5.32 Å². The van der Waals surface area contributed by atoms with E-state index in [1.807, 2.05) is 18.2 Å². The largest absolute Gasteiger partial charge is 0.353 e. The van der Waals surface area contributed by atoms with Crippen LogP contribution >= 0.6 is 0 Å². The average Bonchev–Trinajstić information content (AvgIpc) is 3.07. The fraction of sp³-hybridized carbons (Fsp3) is 0.0800. The Labute approximate surface area is 164 Å². The van der Waals surface area contributed by atoms with E-state index in [1.165, 1.54) is 12.3 Å². The Kier molecular flexibility index (Phi) is 5.07.